The summed E-state index contributed by atoms with van der Waals surface area (Å²) in [6.07, 6.45) is 0. The number of ether oxygens (including phenoxy) is 1. The summed E-state index contributed by atoms with van der Waals surface area (Å²) in [5, 5.41) is 9.77. The van der Waals surface area contributed by atoms with E-state index in [1.165, 1.54) is 18.4 Å². The van der Waals surface area contributed by atoms with Gasteiger partial charge in [0.15, 0.2) is 0 Å². The minimum Gasteiger partial charge on any atom is -0.481 e. The summed E-state index contributed by atoms with van der Waals surface area (Å²) < 4.78 is 4.76. The SMILES string of the molecule is CCN(CC(C)C(=O)O)c1sc(C)cc1C(=O)OC. The lowest BCUT2D eigenvalue weighted by molar-refractivity contribution is -0.140. The summed E-state index contributed by atoms with van der Waals surface area (Å²) in [5.41, 5.74) is 0.504. The Kier molecular flexibility index (Phi) is 5.35. The quantitative estimate of drug-likeness (QED) is 0.813. The van der Waals surface area contributed by atoms with Gasteiger partial charge < -0.3 is 14.7 Å². The number of hydrogen-bond donors (Lipinski definition) is 1. The van der Waals surface area contributed by atoms with Crippen LogP contribution < -0.4 is 4.90 Å². The van der Waals surface area contributed by atoms with E-state index in [0.29, 0.717) is 18.7 Å². The number of aliphatic carboxylic acids is 1. The van der Waals surface area contributed by atoms with Crippen molar-refractivity contribution in [3.63, 3.8) is 0 Å². The molecule has 0 aromatic carbocycles. The van der Waals surface area contributed by atoms with Crippen molar-refractivity contribution in [2.24, 2.45) is 5.92 Å². The summed E-state index contributed by atoms with van der Waals surface area (Å²) in [4.78, 5) is 25.6. The van der Waals surface area contributed by atoms with E-state index in [0.717, 1.165) is 9.88 Å². The topological polar surface area (TPSA) is 66.8 Å². The molecule has 0 aliphatic rings. The van der Waals surface area contributed by atoms with Gasteiger partial charge in [-0.1, -0.05) is 6.92 Å². The Bertz CT molecular complexity index is 469. The van der Waals surface area contributed by atoms with Gasteiger partial charge in [0, 0.05) is 18.0 Å². The van der Waals surface area contributed by atoms with Crippen LogP contribution in [0.15, 0.2) is 6.07 Å². The molecule has 6 heteroatoms. The normalized spacial score (nSPS) is 12.0. The summed E-state index contributed by atoms with van der Waals surface area (Å²) >= 11 is 1.48. The zero-order valence-corrected chi connectivity index (χ0v) is 12.4. The molecule has 1 aromatic heterocycles. The lowest BCUT2D eigenvalue weighted by Crippen LogP contribution is -2.32. The van der Waals surface area contributed by atoms with Gasteiger partial charge in [0.25, 0.3) is 0 Å². The third-order valence-electron chi connectivity index (χ3n) is 2.83. The molecule has 0 amide bonds. The molecule has 19 heavy (non-hydrogen) atoms. The van der Waals surface area contributed by atoms with Gasteiger partial charge in [-0.15, -0.1) is 11.3 Å². The van der Waals surface area contributed by atoms with Crippen molar-refractivity contribution in [3.8, 4) is 0 Å². The van der Waals surface area contributed by atoms with Crippen molar-refractivity contribution < 1.29 is 19.4 Å². The van der Waals surface area contributed by atoms with E-state index in [1.807, 2.05) is 18.7 Å². The van der Waals surface area contributed by atoms with E-state index in [-0.39, 0.29) is 5.97 Å². The first-order valence-corrected chi connectivity index (χ1v) is 6.88. The number of nitrogens with zero attached hydrogens (tertiary/aromatic N) is 1. The molecule has 1 N–H and O–H groups in total. The standard InChI is InChI=1S/C13H19NO4S/c1-5-14(7-8(2)12(15)16)11-10(13(17)18-4)6-9(3)19-11/h6,8H,5,7H2,1-4H3,(H,15,16). The van der Waals surface area contributed by atoms with E-state index in [1.54, 1.807) is 13.0 Å². The van der Waals surface area contributed by atoms with Crippen LogP contribution in [0.2, 0.25) is 0 Å². The van der Waals surface area contributed by atoms with Gasteiger partial charge in [0.2, 0.25) is 0 Å². The number of carboxylic acids is 1. The highest BCUT2D eigenvalue weighted by Gasteiger charge is 2.22. The Morgan fingerprint density at radius 2 is 2.16 bits per heavy atom. The summed E-state index contributed by atoms with van der Waals surface area (Å²) in [6, 6.07) is 1.78. The van der Waals surface area contributed by atoms with Crippen LogP contribution >= 0.6 is 11.3 Å². The molecule has 0 bridgehead atoms. The van der Waals surface area contributed by atoms with Crippen LogP contribution in [0.3, 0.4) is 0 Å². The lowest BCUT2D eigenvalue weighted by atomic mass is 10.1. The number of anilines is 1. The summed E-state index contributed by atoms with van der Waals surface area (Å²) in [6.45, 7) is 6.51. The van der Waals surface area contributed by atoms with Crippen molar-refractivity contribution in [1.82, 2.24) is 0 Å². The molecule has 1 unspecified atom stereocenters. The van der Waals surface area contributed by atoms with Crippen LogP contribution in [-0.4, -0.2) is 37.2 Å². The molecule has 5 nitrogen and oxygen atoms in total. The minimum absolute atomic E-state index is 0.371. The number of carbonyl (C=O) groups excluding carboxylic acids is 1. The third kappa shape index (κ3) is 3.70. The maximum absolute atomic E-state index is 11.7. The first kappa shape index (κ1) is 15.5. The fraction of sp³-hybridized carbons (Fsp3) is 0.538. The Balaban J connectivity index is 3.04. The number of methoxy groups -OCH3 is 1. The molecule has 0 radical (unpaired) electrons. The molecule has 0 aliphatic heterocycles. The van der Waals surface area contributed by atoms with Gasteiger partial charge in [-0.05, 0) is 19.9 Å². The van der Waals surface area contributed by atoms with Crippen molar-refractivity contribution in [2.75, 3.05) is 25.1 Å². The van der Waals surface area contributed by atoms with E-state index in [4.69, 9.17) is 9.84 Å². The fourth-order valence-electron chi connectivity index (χ4n) is 1.76. The van der Waals surface area contributed by atoms with Gasteiger partial charge in [-0.3, -0.25) is 4.79 Å². The fourth-order valence-corrected chi connectivity index (χ4v) is 2.82. The van der Waals surface area contributed by atoms with Crippen LogP contribution in [0, 0.1) is 12.8 Å². The molecular weight excluding hydrogens is 266 g/mol. The third-order valence-corrected chi connectivity index (χ3v) is 3.94. The molecule has 1 rings (SSSR count). The monoisotopic (exact) mass is 285 g/mol. The highest BCUT2D eigenvalue weighted by atomic mass is 32.1. The average Bonchev–Trinajstić information content (AvgIpc) is 2.76. The lowest BCUT2D eigenvalue weighted by Gasteiger charge is -2.24. The molecule has 0 spiro atoms. The van der Waals surface area contributed by atoms with E-state index in [2.05, 4.69) is 0 Å². The van der Waals surface area contributed by atoms with Crippen LogP contribution in [-0.2, 0) is 9.53 Å². The summed E-state index contributed by atoms with van der Waals surface area (Å²) in [7, 11) is 1.34. The number of carbonyl (C=O) groups is 2. The zero-order chi connectivity index (χ0) is 14.6. The maximum Gasteiger partial charge on any atom is 0.340 e. The molecule has 1 atom stereocenters. The van der Waals surface area contributed by atoms with E-state index < -0.39 is 11.9 Å². The molecule has 0 fully saturated rings. The molecule has 106 valence electrons. The Morgan fingerprint density at radius 3 is 2.63 bits per heavy atom. The highest BCUT2D eigenvalue weighted by Crippen LogP contribution is 2.32. The van der Waals surface area contributed by atoms with Crippen molar-refractivity contribution in [1.29, 1.82) is 0 Å². The van der Waals surface area contributed by atoms with Gasteiger partial charge in [0.1, 0.15) is 5.00 Å². The van der Waals surface area contributed by atoms with E-state index in [9.17, 15) is 9.59 Å². The maximum atomic E-state index is 11.7. The number of rotatable bonds is 6. The van der Waals surface area contributed by atoms with Crippen LogP contribution in [0.5, 0.6) is 0 Å². The number of esters is 1. The molecular formula is C13H19NO4S. The smallest absolute Gasteiger partial charge is 0.340 e. The Morgan fingerprint density at radius 1 is 1.53 bits per heavy atom. The van der Waals surface area contributed by atoms with Gasteiger partial charge in [-0.25, -0.2) is 4.79 Å². The van der Waals surface area contributed by atoms with Gasteiger partial charge in [-0.2, -0.15) is 0 Å². The minimum atomic E-state index is -0.841. The zero-order valence-electron chi connectivity index (χ0n) is 11.6. The van der Waals surface area contributed by atoms with Crippen molar-refractivity contribution in [2.45, 2.75) is 20.8 Å². The number of aryl methyl sites for hydroxylation is 1. The Labute approximate surface area is 116 Å². The highest BCUT2D eigenvalue weighted by molar-refractivity contribution is 7.16. The van der Waals surface area contributed by atoms with Gasteiger partial charge >= 0.3 is 11.9 Å². The second-order valence-electron chi connectivity index (χ2n) is 4.35. The first-order chi connectivity index (χ1) is 8.90. The second-order valence-corrected chi connectivity index (χ2v) is 5.58. The predicted octanol–water partition coefficient (Wildman–Crippen LogP) is 2.39. The van der Waals surface area contributed by atoms with Crippen LogP contribution in [0.4, 0.5) is 5.00 Å². The van der Waals surface area contributed by atoms with Crippen LogP contribution in [0.25, 0.3) is 0 Å². The van der Waals surface area contributed by atoms with Crippen molar-refractivity contribution in [3.05, 3.63) is 16.5 Å². The molecule has 0 saturated carbocycles. The molecule has 0 saturated heterocycles. The molecule has 1 heterocycles. The van der Waals surface area contributed by atoms with Crippen LogP contribution in [0.1, 0.15) is 29.1 Å². The summed E-state index contributed by atoms with van der Waals surface area (Å²) in [5.74, 6) is -1.72. The largest absolute Gasteiger partial charge is 0.481 e. The average molecular weight is 285 g/mol. The number of thiophene rings is 1. The number of hydrogen-bond acceptors (Lipinski definition) is 5. The number of carboxylic acid groups (broad SMARTS) is 1. The molecule has 0 aliphatic carbocycles. The second kappa shape index (κ2) is 6.56. The first-order valence-electron chi connectivity index (χ1n) is 6.07. The molecule has 1 aromatic rings. The predicted molar refractivity (Wildman–Crippen MR) is 75.1 cm³/mol. The van der Waals surface area contributed by atoms with Crippen molar-refractivity contribution >= 4 is 28.3 Å². The Hall–Kier alpha value is -1.56. The van der Waals surface area contributed by atoms with Gasteiger partial charge in [0.05, 0.1) is 18.6 Å². The van der Waals surface area contributed by atoms with E-state index >= 15 is 0 Å².